The van der Waals surface area contributed by atoms with Gasteiger partial charge in [0.1, 0.15) is 9.88 Å². The van der Waals surface area contributed by atoms with Crippen LogP contribution in [0.5, 0.6) is 0 Å². The van der Waals surface area contributed by atoms with Gasteiger partial charge in [-0.25, -0.2) is 4.98 Å². The van der Waals surface area contributed by atoms with Crippen molar-refractivity contribution in [2.45, 2.75) is 20.4 Å². The molecule has 4 aromatic rings. The van der Waals surface area contributed by atoms with Crippen molar-refractivity contribution in [1.29, 1.82) is 0 Å². The molecule has 1 amide bonds. The first-order valence-electron chi connectivity index (χ1n) is 8.49. The van der Waals surface area contributed by atoms with Gasteiger partial charge in [-0.3, -0.25) is 4.79 Å². The SMILES string of the molecule is Cc1[nH]c2ccc(CNC(=O)c3cnc(-c4ccccc4)s3)cc2c1C. The van der Waals surface area contributed by atoms with Crippen LogP contribution in [0.4, 0.5) is 0 Å². The molecule has 2 N–H and O–H groups in total. The molecule has 0 unspecified atom stereocenters. The van der Waals surface area contributed by atoms with Gasteiger partial charge in [0.05, 0.1) is 6.20 Å². The Labute approximate surface area is 155 Å². The van der Waals surface area contributed by atoms with Crippen LogP contribution in [0.2, 0.25) is 0 Å². The summed E-state index contributed by atoms with van der Waals surface area (Å²) in [5.74, 6) is -0.0910. The number of carbonyl (C=O) groups excluding carboxylic acids is 1. The number of nitrogens with one attached hydrogen (secondary N) is 2. The van der Waals surface area contributed by atoms with Gasteiger partial charge in [0.2, 0.25) is 0 Å². The number of benzene rings is 2. The van der Waals surface area contributed by atoms with Crippen molar-refractivity contribution in [3.05, 3.63) is 76.4 Å². The Bertz CT molecular complexity index is 1080. The van der Waals surface area contributed by atoms with E-state index in [-0.39, 0.29) is 5.91 Å². The third-order valence-electron chi connectivity index (χ3n) is 4.58. The fourth-order valence-corrected chi connectivity index (χ4v) is 3.82. The van der Waals surface area contributed by atoms with Crippen LogP contribution in [0.25, 0.3) is 21.5 Å². The van der Waals surface area contributed by atoms with Gasteiger partial charge < -0.3 is 10.3 Å². The Morgan fingerprint density at radius 1 is 1.15 bits per heavy atom. The van der Waals surface area contributed by atoms with Crippen molar-refractivity contribution >= 4 is 28.1 Å². The van der Waals surface area contributed by atoms with Crippen LogP contribution >= 0.6 is 11.3 Å². The maximum Gasteiger partial charge on any atom is 0.263 e. The molecule has 5 heteroatoms. The maximum atomic E-state index is 12.5. The largest absolute Gasteiger partial charge is 0.358 e. The summed E-state index contributed by atoms with van der Waals surface area (Å²) < 4.78 is 0. The van der Waals surface area contributed by atoms with Gasteiger partial charge in [-0.2, -0.15) is 0 Å². The van der Waals surface area contributed by atoms with Gasteiger partial charge >= 0.3 is 0 Å². The molecular weight excluding hydrogens is 342 g/mol. The molecule has 0 spiro atoms. The molecule has 0 aliphatic heterocycles. The second-order valence-electron chi connectivity index (χ2n) is 6.33. The number of H-pyrrole nitrogens is 1. The zero-order valence-electron chi connectivity index (χ0n) is 14.7. The number of nitrogens with zero attached hydrogens (tertiary/aromatic N) is 1. The van der Waals surface area contributed by atoms with Gasteiger partial charge in [-0.15, -0.1) is 11.3 Å². The zero-order chi connectivity index (χ0) is 18.1. The van der Waals surface area contributed by atoms with Crippen LogP contribution < -0.4 is 5.32 Å². The lowest BCUT2D eigenvalue weighted by Crippen LogP contribution is -2.21. The van der Waals surface area contributed by atoms with Gasteiger partial charge in [0, 0.05) is 28.7 Å². The van der Waals surface area contributed by atoms with Gasteiger partial charge in [-0.1, -0.05) is 36.4 Å². The average Bonchev–Trinajstić information content (AvgIpc) is 3.27. The molecule has 4 nitrogen and oxygen atoms in total. The zero-order valence-corrected chi connectivity index (χ0v) is 15.5. The highest BCUT2D eigenvalue weighted by molar-refractivity contribution is 7.16. The standard InChI is InChI=1S/C21H19N3OS/c1-13-14(2)24-18-9-8-15(10-17(13)18)11-22-20(25)19-12-23-21(26-19)16-6-4-3-5-7-16/h3-10,12,24H,11H2,1-2H3,(H,22,25). The minimum absolute atomic E-state index is 0.0910. The molecule has 130 valence electrons. The summed E-state index contributed by atoms with van der Waals surface area (Å²) in [6.45, 7) is 4.68. The first-order chi connectivity index (χ1) is 12.6. The molecule has 0 fully saturated rings. The number of thiazole rings is 1. The third-order valence-corrected chi connectivity index (χ3v) is 5.62. The van der Waals surface area contributed by atoms with Crippen molar-refractivity contribution in [2.24, 2.45) is 0 Å². The molecule has 26 heavy (non-hydrogen) atoms. The highest BCUT2D eigenvalue weighted by Gasteiger charge is 2.12. The number of carbonyl (C=O) groups is 1. The number of rotatable bonds is 4. The van der Waals surface area contributed by atoms with E-state index in [2.05, 4.69) is 41.3 Å². The predicted octanol–water partition coefficient (Wildman–Crippen LogP) is 4.84. The number of aromatic amines is 1. The van der Waals surface area contributed by atoms with Crippen LogP contribution in [0, 0.1) is 13.8 Å². The van der Waals surface area contributed by atoms with E-state index in [9.17, 15) is 4.79 Å². The normalized spacial score (nSPS) is 11.0. The van der Waals surface area contributed by atoms with Gasteiger partial charge in [0.25, 0.3) is 5.91 Å². The Balaban J connectivity index is 1.47. The van der Waals surface area contributed by atoms with Crippen molar-refractivity contribution in [2.75, 3.05) is 0 Å². The van der Waals surface area contributed by atoms with E-state index in [1.807, 2.05) is 36.4 Å². The van der Waals surface area contributed by atoms with Gasteiger partial charge in [0.15, 0.2) is 0 Å². The van der Waals surface area contributed by atoms with E-state index in [0.717, 1.165) is 21.7 Å². The quantitative estimate of drug-likeness (QED) is 0.546. The summed E-state index contributed by atoms with van der Waals surface area (Å²) in [4.78, 5) is 20.8. The maximum absolute atomic E-state index is 12.5. The Morgan fingerprint density at radius 3 is 2.77 bits per heavy atom. The smallest absolute Gasteiger partial charge is 0.263 e. The summed E-state index contributed by atoms with van der Waals surface area (Å²) in [5.41, 5.74) is 5.67. The van der Waals surface area contributed by atoms with Crippen LogP contribution in [0.3, 0.4) is 0 Å². The van der Waals surface area contributed by atoms with E-state index < -0.39 is 0 Å². The van der Waals surface area contributed by atoms with E-state index in [0.29, 0.717) is 11.4 Å². The van der Waals surface area contributed by atoms with Crippen molar-refractivity contribution in [1.82, 2.24) is 15.3 Å². The Morgan fingerprint density at radius 2 is 1.96 bits per heavy atom. The highest BCUT2D eigenvalue weighted by atomic mass is 32.1. The Kier molecular flexibility index (Phi) is 4.31. The molecule has 0 bridgehead atoms. The topological polar surface area (TPSA) is 57.8 Å². The molecule has 2 aromatic heterocycles. The van der Waals surface area contributed by atoms with Gasteiger partial charge in [-0.05, 0) is 37.1 Å². The number of fused-ring (bicyclic) bond motifs is 1. The number of aromatic nitrogens is 2. The lowest BCUT2D eigenvalue weighted by molar-refractivity contribution is 0.0955. The average molecular weight is 361 g/mol. The van der Waals surface area contributed by atoms with Crippen LogP contribution in [0.15, 0.2) is 54.7 Å². The molecule has 0 radical (unpaired) electrons. The van der Waals surface area contributed by atoms with Crippen molar-refractivity contribution < 1.29 is 4.79 Å². The van der Waals surface area contributed by atoms with E-state index in [4.69, 9.17) is 0 Å². The third kappa shape index (κ3) is 3.13. The lowest BCUT2D eigenvalue weighted by atomic mass is 10.1. The molecule has 2 heterocycles. The first-order valence-corrected chi connectivity index (χ1v) is 9.31. The fraction of sp³-hybridized carbons (Fsp3) is 0.143. The molecule has 4 rings (SSSR count). The lowest BCUT2D eigenvalue weighted by Gasteiger charge is -2.04. The predicted molar refractivity (Wildman–Crippen MR) is 106 cm³/mol. The molecule has 0 aliphatic carbocycles. The second-order valence-corrected chi connectivity index (χ2v) is 7.36. The van der Waals surface area contributed by atoms with E-state index >= 15 is 0 Å². The minimum Gasteiger partial charge on any atom is -0.358 e. The molecule has 0 atom stereocenters. The minimum atomic E-state index is -0.0910. The fourth-order valence-electron chi connectivity index (χ4n) is 2.98. The van der Waals surface area contributed by atoms with E-state index in [1.54, 1.807) is 6.20 Å². The number of hydrogen-bond acceptors (Lipinski definition) is 3. The van der Waals surface area contributed by atoms with Crippen LogP contribution in [-0.4, -0.2) is 15.9 Å². The van der Waals surface area contributed by atoms with Crippen LogP contribution in [0.1, 0.15) is 26.5 Å². The summed E-state index contributed by atoms with van der Waals surface area (Å²) in [6.07, 6.45) is 1.64. The molecule has 0 saturated carbocycles. The summed E-state index contributed by atoms with van der Waals surface area (Å²) in [6, 6.07) is 16.1. The van der Waals surface area contributed by atoms with Crippen molar-refractivity contribution in [3.8, 4) is 10.6 Å². The first kappa shape index (κ1) is 16.5. The molecular formula is C21H19N3OS. The number of aryl methyl sites for hydroxylation is 2. The summed E-state index contributed by atoms with van der Waals surface area (Å²) in [5, 5.41) is 5.06. The van der Waals surface area contributed by atoms with Crippen LogP contribution in [-0.2, 0) is 6.54 Å². The number of hydrogen-bond donors (Lipinski definition) is 2. The van der Waals surface area contributed by atoms with E-state index in [1.165, 1.54) is 28.0 Å². The Hall–Kier alpha value is -2.92. The summed E-state index contributed by atoms with van der Waals surface area (Å²) in [7, 11) is 0. The molecule has 2 aromatic carbocycles. The number of amides is 1. The monoisotopic (exact) mass is 361 g/mol. The second kappa shape index (κ2) is 6.77. The van der Waals surface area contributed by atoms with Crippen molar-refractivity contribution in [3.63, 3.8) is 0 Å². The highest BCUT2D eigenvalue weighted by Crippen LogP contribution is 2.25. The summed E-state index contributed by atoms with van der Waals surface area (Å²) >= 11 is 1.41. The molecule has 0 saturated heterocycles. The molecule has 0 aliphatic rings.